The largest absolute Gasteiger partial charge is 0.443 e. The second kappa shape index (κ2) is 7.55. The number of hydrazine groups is 1. The van der Waals surface area contributed by atoms with Crippen molar-refractivity contribution in [1.82, 2.24) is 15.4 Å². The van der Waals surface area contributed by atoms with Gasteiger partial charge >= 0.3 is 12.2 Å². The van der Waals surface area contributed by atoms with Gasteiger partial charge in [0.05, 0.1) is 6.20 Å². The number of aromatic nitrogens is 1. The van der Waals surface area contributed by atoms with E-state index in [1.165, 1.54) is 6.20 Å². The van der Waals surface area contributed by atoms with Gasteiger partial charge in [0.2, 0.25) is 0 Å². The molecule has 2 amide bonds. The van der Waals surface area contributed by atoms with Crippen molar-refractivity contribution in [3.8, 4) is 0 Å². The first kappa shape index (κ1) is 21.8. The number of nitrogens with one attached hydrogen (secondary N) is 1. The van der Waals surface area contributed by atoms with Gasteiger partial charge in [-0.25, -0.2) is 25.0 Å². The fraction of sp³-hybridized carbons (Fsp3) is 0.722. The maximum absolute atomic E-state index is 12.4. The minimum absolute atomic E-state index is 0.0444. The quantitative estimate of drug-likeness (QED) is 0.787. The Bertz CT molecular complexity index is 632. The lowest BCUT2D eigenvalue weighted by atomic mass is 9.97. The van der Waals surface area contributed by atoms with Gasteiger partial charge in [0.25, 0.3) is 0 Å². The van der Waals surface area contributed by atoms with Gasteiger partial charge in [-0.05, 0) is 41.5 Å². The Hall–Kier alpha value is -2.25. The molecule has 0 unspecified atom stereocenters. The van der Waals surface area contributed by atoms with Crippen LogP contribution >= 0.6 is 0 Å². The molecule has 0 fully saturated rings. The molecule has 26 heavy (non-hydrogen) atoms. The van der Waals surface area contributed by atoms with Crippen LogP contribution < -0.4 is 5.43 Å². The molecule has 1 rings (SSSR count). The number of nitrogens with zero attached hydrogens (tertiary/aromatic N) is 2. The molecule has 0 saturated heterocycles. The SMILES string of the molecule is CC(C)(C)OC(=O)NN(Cc1cnc(C(C)(C)C)o1)C(=O)OC(C)(C)C. The molecule has 1 aromatic rings. The predicted molar refractivity (Wildman–Crippen MR) is 96.3 cm³/mol. The third kappa shape index (κ3) is 7.76. The second-order valence-electron chi connectivity index (χ2n) is 9.06. The molecule has 8 heteroatoms. The highest BCUT2D eigenvalue weighted by molar-refractivity contribution is 5.74. The summed E-state index contributed by atoms with van der Waals surface area (Å²) in [4.78, 5) is 28.7. The Morgan fingerprint density at radius 2 is 1.58 bits per heavy atom. The van der Waals surface area contributed by atoms with Crippen molar-refractivity contribution in [1.29, 1.82) is 0 Å². The number of hydrogen-bond acceptors (Lipinski definition) is 6. The van der Waals surface area contributed by atoms with Gasteiger partial charge in [-0.15, -0.1) is 0 Å². The monoisotopic (exact) mass is 369 g/mol. The summed E-state index contributed by atoms with van der Waals surface area (Å²) in [6, 6.07) is 0. The fourth-order valence-corrected chi connectivity index (χ4v) is 1.76. The number of carbonyl (C=O) groups excluding carboxylic acids is 2. The first-order chi connectivity index (χ1) is 11.6. The summed E-state index contributed by atoms with van der Waals surface area (Å²) in [5.74, 6) is 0.950. The Morgan fingerprint density at radius 1 is 1.04 bits per heavy atom. The van der Waals surface area contributed by atoms with E-state index in [0.29, 0.717) is 11.7 Å². The molecule has 0 aliphatic rings. The minimum Gasteiger partial charge on any atom is -0.443 e. The number of hydrogen-bond donors (Lipinski definition) is 1. The van der Waals surface area contributed by atoms with E-state index in [1.807, 2.05) is 20.8 Å². The Morgan fingerprint density at radius 3 is 2.00 bits per heavy atom. The van der Waals surface area contributed by atoms with Crippen LogP contribution in [0.4, 0.5) is 9.59 Å². The zero-order valence-corrected chi connectivity index (χ0v) is 17.2. The molecule has 1 heterocycles. The number of carbonyl (C=O) groups is 2. The zero-order valence-electron chi connectivity index (χ0n) is 17.2. The topological polar surface area (TPSA) is 93.9 Å². The van der Waals surface area contributed by atoms with Gasteiger partial charge in [0.15, 0.2) is 5.89 Å². The number of oxazole rings is 1. The third-order valence-electron chi connectivity index (χ3n) is 2.75. The van der Waals surface area contributed by atoms with Crippen LogP contribution in [0, 0.1) is 0 Å². The van der Waals surface area contributed by atoms with Crippen LogP contribution in [0.25, 0.3) is 0 Å². The molecule has 0 spiro atoms. The van der Waals surface area contributed by atoms with Crippen molar-refractivity contribution < 1.29 is 23.5 Å². The Labute approximate surface area is 155 Å². The fourth-order valence-electron chi connectivity index (χ4n) is 1.76. The van der Waals surface area contributed by atoms with Crippen molar-refractivity contribution in [3.05, 3.63) is 17.8 Å². The van der Waals surface area contributed by atoms with E-state index in [1.54, 1.807) is 41.5 Å². The zero-order chi connectivity index (χ0) is 20.3. The average molecular weight is 369 g/mol. The number of ether oxygens (including phenoxy) is 2. The highest BCUT2D eigenvalue weighted by Crippen LogP contribution is 2.22. The molecule has 148 valence electrons. The molecule has 0 aliphatic carbocycles. The van der Waals surface area contributed by atoms with Crippen molar-refractivity contribution in [3.63, 3.8) is 0 Å². The van der Waals surface area contributed by atoms with E-state index in [4.69, 9.17) is 13.9 Å². The van der Waals surface area contributed by atoms with Gasteiger partial charge in [-0.2, -0.15) is 0 Å². The van der Waals surface area contributed by atoms with Crippen molar-refractivity contribution in [2.24, 2.45) is 0 Å². The van der Waals surface area contributed by atoms with E-state index < -0.39 is 23.4 Å². The average Bonchev–Trinajstić information content (AvgIpc) is 2.81. The molecular formula is C18H31N3O5. The van der Waals surface area contributed by atoms with Crippen LogP contribution in [0.15, 0.2) is 10.6 Å². The lowest BCUT2D eigenvalue weighted by Gasteiger charge is -2.28. The Kier molecular flexibility index (Phi) is 6.33. The van der Waals surface area contributed by atoms with E-state index >= 15 is 0 Å². The van der Waals surface area contributed by atoms with Gasteiger partial charge in [0, 0.05) is 5.41 Å². The third-order valence-corrected chi connectivity index (χ3v) is 2.75. The van der Waals surface area contributed by atoms with Crippen LogP contribution in [0.5, 0.6) is 0 Å². The summed E-state index contributed by atoms with van der Waals surface area (Å²) < 4.78 is 16.2. The molecule has 8 nitrogen and oxygen atoms in total. The minimum atomic E-state index is -0.765. The molecule has 0 saturated carbocycles. The van der Waals surface area contributed by atoms with Gasteiger partial charge in [-0.3, -0.25) is 0 Å². The molecule has 0 bridgehead atoms. The molecule has 0 atom stereocenters. The van der Waals surface area contributed by atoms with Crippen molar-refractivity contribution in [2.45, 2.75) is 85.5 Å². The van der Waals surface area contributed by atoms with Crippen LogP contribution in [0.1, 0.15) is 74.0 Å². The molecule has 1 aromatic heterocycles. The molecule has 0 radical (unpaired) electrons. The first-order valence-electron chi connectivity index (χ1n) is 8.52. The second-order valence-corrected chi connectivity index (χ2v) is 9.06. The number of amides is 2. The highest BCUT2D eigenvalue weighted by atomic mass is 16.6. The summed E-state index contributed by atoms with van der Waals surface area (Å²) in [5, 5.41) is 1.01. The van der Waals surface area contributed by atoms with Crippen LogP contribution in [-0.4, -0.2) is 33.4 Å². The summed E-state index contributed by atoms with van der Waals surface area (Å²) in [6.45, 7) is 16.3. The lowest BCUT2D eigenvalue weighted by Crippen LogP contribution is -2.49. The van der Waals surface area contributed by atoms with E-state index in [2.05, 4.69) is 10.4 Å². The van der Waals surface area contributed by atoms with E-state index in [9.17, 15) is 9.59 Å². The number of rotatable bonds is 2. The van der Waals surface area contributed by atoms with Crippen molar-refractivity contribution in [2.75, 3.05) is 0 Å². The van der Waals surface area contributed by atoms with Crippen LogP contribution in [-0.2, 0) is 21.4 Å². The maximum Gasteiger partial charge on any atom is 0.429 e. The molecular weight excluding hydrogens is 338 g/mol. The summed E-state index contributed by atoms with van der Waals surface area (Å²) in [6.07, 6.45) is 0.0327. The van der Waals surface area contributed by atoms with Gasteiger partial charge in [0.1, 0.15) is 23.5 Å². The van der Waals surface area contributed by atoms with Crippen molar-refractivity contribution >= 4 is 12.2 Å². The lowest BCUT2D eigenvalue weighted by molar-refractivity contribution is -0.00214. The standard InChI is InChI=1S/C18H31N3O5/c1-16(2,3)13-19-10-12(24-13)11-21(15(23)26-18(7,8)9)20-14(22)25-17(4,5)6/h10H,11H2,1-9H3,(H,20,22). The van der Waals surface area contributed by atoms with E-state index in [0.717, 1.165) is 5.01 Å². The summed E-state index contributed by atoms with van der Waals surface area (Å²) in [5.41, 5.74) is 0.714. The smallest absolute Gasteiger partial charge is 0.429 e. The van der Waals surface area contributed by atoms with Gasteiger partial charge in [-0.1, -0.05) is 20.8 Å². The predicted octanol–water partition coefficient (Wildman–Crippen LogP) is 4.15. The van der Waals surface area contributed by atoms with Crippen LogP contribution in [0.3, 0.4) is 0 Å². The molecule has 1 N–H and O–H groups in total. The van der Waals surface area contributed by atoms with Gasteiger partial charge < -0.3 is 13.9 Å². The molecule has 0 aliphatic heterocycles. The normalized spacial score (nSPS) is 12.5. The van der Waals surface area contributed by atoms with E-state index in [-0.39, 0.29) is 12.0 Å². The Balaban J connectivity index is 2.95. The maximum atomic E-state index is 12.4. The highest BCUT2D eigenvalue weighted by Gasteiger charge is 2.28. The summed E-state index contributed by atoms with van der Waals surface area (Å²) in [7, 11) is 0. The summed E-state index contributed by atoms with van der Waals surface area (Å²) >= 11 is 0. The first-order valence-corrected chi connectivity index (χ1v) is 8.52. The molecule has 0 aromatic carbocycles. The van der Waals surface area contributed by atoms with Crippen LogP contribution in [0.2, 0.25) is 0 Å².